The van der Waals surface area contributed by atoms with Gasteiger partial charge in [0.1, 0.15) is 0 Å². The predicted molar refractivity (Wildman–Crippen MR) is 81.1 cm³/mol. The molecule has 0 radical (unpaired) electrons. The van der Waals surface area contributed by atoms with Crippen LogP contribution in [0.25, 0.3) is 0 Å². The summed E-state index contributed by atoms with van der Waals surface area (Å²) in [6.07, 6.45) is 0. The van der Waals surface area contributed by atoms with E-state index in [0.717, 1.165) is 11.3 Å². The molecule has 0 bridgehead atoms. The summed E-state index contributed by atoms with van der Waals surface area (Å²) in [7, 11) is 1.85. The van der Waals surface area contributed by atoms with Gasteiger partial charge in [0.2, 0.25) is 0 Å². The van der Waals surface area contributed by atoms with Crippen molar-refractivity contribution < 1.29 is 9.90 Å². The zero-order valence-corrected chi connectivity index (χ0v) is 11.6. The third-order valence-corrected chi connectivity index (χ3v) is 3.23. The maximum Gasteiger partial charge on any atom is 0.335 e. The van der Waals surface area contributed by atoms with Gasteiger partial charge in [0.05, 0.1) is 28.6 Å². The Labute approximate surface area is 122 Å². The molecule has 3 N–H and O–H groups in total. The van der Waals surface area contributed by atoms with E-state index in [1.54, 1.807) is 12.1 Å². The van der Waals surface area contributed by atoms with Crippen LogP contribution in [0.4, 0.5) is 11.4 Å². The van der Waals surface area contributed by atoms with Crippen molar-refractivity contribution in [2.45, 2.75) is 6.54 Å². The fourth-order valence-electron chi connectivity index (χ4n) is 2.14. The summed E-state index contributed by atoms with van der Waals surface area (Å²) in [6, 6.07) is 14.1. The molecule has 0 saturated carbocycles. The molecule has 106 valence electrons. The number of carboxylic acid groups (broad SMARTS) is 1. The second-order valence-corrected chi connectivity index (χ2v) is 4.70. The number of rotatable bonds is 4. The third-order valence-electron chi connectivity index (χ3n) is 3.23. The molecule has 0 unspecified atom stereocenters. The minimum atomic E-state index is -1.01. The highest BCUT2D eigenvalue weighted by Crippen LogP contribution is 2.25. The first-order chi connectivity index (χ1) is 10.0. The van der Waals surface area contributed by atoms with Crippen LogP contribution in [-0.4, -0.2) is 18.1 Å². The Morgan fingerprint density at radius 1 is 1.33 bits per heavy atom. The number of carbonyl (C=O) groups is 1. The van der Waals surface area contributed by atoms with E-state index in [9.17, 15) is 4.79 Å². The van der Waals surface area contributed by atoms with Crippen LogP contribution in [0.2, 0.25) is 0 Å². The molecular formula is C16H15N3O2. The molecule has 0 fully saturated rings. The lowest BCUT2D eigenvalue weighted by Gasteiger charge is -2.22. The van der Waals surface area contributed by atoms with Crippen LogP contribution in [0.15, 0.2) is 42.5 Å². The van der Waals surface area contributed by atoms with Crippen molar-refractivity contribution in [3.05, 3.63) is 59.2 Å². The molecule has 5 heteroatoms. The second kappa shape index (κ2) is 5.97. The van der Waals surface area contributed by atoms with E-state index in [-0.39, 0.29) is 5.56 Å². The standard InChI is InChI=1S/C16H15N3O2/c1-19(10-13-5-3-2-4-12(13)9-17)15-7-6-11(16(20)21)8-14(15)18/h2-8H,10,18H2,1H3,(H,20,21). The zero-order chi connectivity index (χ0) is 15.4. The van der Waals surface area contributed by atoms with Crippen LogP contribution in [-0.2, 0) is 6.54 Å². The summed E-state index contributed by atoms with van der Waals surface area (Å²) in [5.41, 5.74) is 8.70. The summed E-state index contributed by atoms with van der Waals surface area (Å²) < 4.78 is 0. The Balaban J connectivity index is 2.27. The minimum absolute atomic E-state index is 0.155. The van der Waals surface area contributed by atoms with Gasteiger partial charge in [0.25, 0.3) is 0 Å². The molecule has 5 nitrogen and oxygen atoms in total. The van der Waals surface area contributed by atoms with Crippen LogP contribution >= 0.6 is 0 Å². The van der Waals surface area contributed by atoms with Gasteiger partial charge in [-0.15, -0.1) is 0 Å². The normalized spacial score (nSPS) is 9.90. The molecule has 2 rings (SSSR count). The van der Waals surface area contributed by atoms with E-state index in [2.05, 4.69) is 6.07 Å². The molecule has 0 amide bonds. The van der Waals surface area contributed by atoms with E-state index in [1.807, 2.05) is 30.1 Å². The first kappa shape index (κ1) is 14.4. The number of carboxylic acids is 1. The Kier molecular flexibility index (Phi) is 4.10. The summed E-state index contributed by atoms with van der Waals surface area (Å²) in [5.74, 6) is -1.01. The second-order valence-electron chi connectivity index (χ2n) is 4.70. The number of nitrogens with two attached hydrogens (primary N) is 1. The highest BCUT2D eigenvalue weighted by molar-refractivity contribution is 5.90. The quantitative estimate of drug-likeness (QED) is 0.840. The zero-order valence-electron chi connectivity index (χ0n) is 11.6. The third kappa shape index (κ3) is 3.12. The number of aromatic carboxylic acids is 1. The molecule has 2 aromatic carbocycles. The van der Waals surface area contributed by atoms with E-state index < -0.39 is 5.97 Å². The van der Waals surface area contributed by atoms with Crippen molar-refractivity contribution in [2.75, 3.05) is 17.7 Å². The van der Waals surface area contributed by atoms with E-state index in [1.165, 1.54) is 12.1 Å². The van der Waals surface area contributed by atoms with Crippen LogP contribution in [0.5, 0.6) is 0 Å². The van der Waals surface area contributed by atoms with Crippen LogP contribution < -0.4 is 10.6 Å². The Hall–Kier alpha value is -3.00. The number of benzene rings is 2. The molecule has 0 spiro atoms. The van der Waals surface area contributed by atoms with E-state index in [0.29, 0.717) is 17.8 Å². The molecule has 0 atom stereocenters. The summed E-state index contributed by atoms with van der Waals surface area (Å²) in [5, 5.41) is 18.0. The van der Waals surface area contributed by atoms with Crippen LogP contribution in [0.1, 0.15) is 21.5 Å². The molecule has 0 aliphatic carbocycles. The molecule has 2 aromatic rings. The van der Waals surface area contributed by atoms with Crippen molar-refractivity contribution in [1.82, 2.24) is 0 Å². The summed E-state index contributed by atoms with van der Waals surface area (Å²) in [6.45, 7) is 0.514. The van der Waals surface area contributed by atoms with Gasteiger partial charge in [-0.3, -0.25) is 0 Å². The lowest BCUT2D eigenvalue weighted by atomic mass is 10.1. The van der Waals surface area contributed by atoms with Gasteiger partial charge < -0.3 is 15.7 Å². The van der Waals surface area contributed by atoms with Gasteiger partial charge >= 0.3 is 5.97 Å². The smallest absolute Gasteiger partial charge is 0.335 e. The Morgan fingerprint density at radius 2 is 2.05 bits per heavy atom. The van der Waals surface area contributed by atoms with Gasteiger partial charge in [-0.05, 0) is 29.8 Å². The predicted octanol–water partition coefficient (Wildman–Crippen LogP) is 2.48. The maximum absolute atomic E-state index is 10.9. The number of nitriles is 1. The minimum Gasteiger partial charge on any atom is -0.478 e. The van der Waals surface area contributed by atoms with Crippen LogP contribution in [0, 0.1) is 11.3 Å². The van der Waals surface area contributed by atoms with Gasteiger partial charge in [0.15, 0.2) is 0 Å². The SMILES string of the molecule is CN(Cc1ccccc1C#N)c1ccc(C(=O)O)cc1N. The van der Waals surface area contributed by atoms with Crippen molar-refractivity contribution in [3.8, 4) is 6.07 Å². The van der Waals surface area contributed by atoms with Crippen molar-refractivity contribution in [1.29, 1.82) is 5.26 Å². The lowest BCUT2D eigenvalue weighted by Crippen LogP contribution is -2.18. The number of anilines is 2. The Morgan fingerprint density at radius 3 is 2.67 bits per heavy atom. The van der Waals surface area contributed by atoms with E-state index in [4.69, 9.17) is 16.1 Å². The number of hydrogen-bond donors (Lipinski definition) is 2. The molecule has 0 aliphatic heterocycles. The topological polar surface area (TPSA) is 90.3 Å². The fourth-order valence-corrected chi connectivity index (χ4v) is 2.14. The Bertz CT molecular complexity index is 720. The van der Waals surface area contributed by atoms with Gasteiger partial charge in [-0.1, -0.05) is 18.2 Å². The van der Waals surface area contributed by atoms with Crippen molar-refractivity contribution >= 4 is 17.3 Å². The molecule has 0 saturated heterocycles. The fraction of sp³-hybridized carbons (Fsp3) is 0.125. The average molecular weight is 281 g/mol. The monoisotopic (exact) mass is 281 g/mol. The first-order valence-electron chi connectivity index (χ1n) is 6.35. The maximum atomic E-state index is 10.9. The average Bonchev–Trinajstić information content (AvgIpc) is 2.47. The highest BCUT2D eigenvalue weighted by atomic mass is 16.4. The van der Waals surface area contributed by atoms with E-state index >= 15 is 0 Å². The first-order valence-corrected chi connectivity index (χ1v) is 6.35. The van der Waals surface area contributed by atoms with Gasteiger partial charge in [0, 0.05) is 13.6 Å². The molecule has 21 heavy (non-hydrogen) atoms. The largest absolute Gasteiger partial charge is 0.478 e. The van der Waals surface area contributed by atoms with Crippen molar-refractivity contribution in [2.24, 2.45) is 0 Å². The van der Waals surface area contributed by atoms with Gasteiger partial charge in [-0.25, -0.2) is 4.79 Å². The van der Waals surface area contributed by atoms with Gasteiger partial charge in [-0.2, -0.15) is 5.26 Å². The lowest BCUT2D eigenvalue weighted by molar-refractivity contribution is 0.0697. The molecule has 0 aromatic heterocycles. The number of hydrogen-bond acceptors (Lipinski definition) is 4. The van der Waals surface area contributed by atoms with Crippen molar-refractivity contribution in [3.63, 3.8) is 0 Å². The molecule has 0 aliphatic rings. The number of nitrogen functional groups attached to an aromatic ring is 1. The summed E-state index contributed by atoms with van der Waals surface area (Å²) in [4.78, 5) is 12.8. The highest BCUT2D eigenvalue weighted by Gasteiger charge is 2.11. The molecular weight excluding hydrogens is 266 g/mol. The number of nitrogens with zero attached hydrogens (tertiary/aromatic N) is 2. The summed E-state index contributed by atoms with van der Waals surface area (Å²) >= 11 is 0. The van der Waals surface area contributed by atoms with Crippen LogP contribution in [0.3, 0.4) is 0 Å². The molecule has 0 heterocycles.